The van der Waals surface area contributed by atoms with Crippen LogP contribution in [-0.4, -0.2) is 106 Å². The number of piperidine rings is 2. The first-order valence-electron chi connectivity index (χ1n) is 20.1. The van der Waals surface area contributed by atoms with Crippen molar-refractivity contribution in [2.45, 2.75) is 70.2 Å². The molecule has 0 radical (unpaired) electrons. The topological polar surface area (TPSA) is 112 Å². The predicted molar refractivity (Wildman–Crippen MR) is 205 cm³/mol. The van der Waals surface area contributed by atoms with Crippen LogP contribution in [0, 0.1) is 17.0 Å². The van der Waals surface area contributed by atoms with Gasteiger partial charge in [0.25, 0.3) is 12.3 Å². The molecule has 2 atom stereocenters. The van der Waals surface area contributed by atoms with E-state index in [1.165, 1.54) is 17.0 Å². The molecule has 0 saturated carbocycles. The molecule has 1 unspecified atom stereocenters. The Morgan fingerprint density at radius 2 is 1.66 bits per heavy atom. The van der Waals surface area contributed by atoms with E-state index in [0.29, 0.717) is 75.6 Å². The van der Waals surface area contributed by atoms with Crippen LogP contribution in [0.25, 0.3) is 10.9 Å². The summed E-state index contributed by atoms with van der Waals surface area (Å²) in [5.74, 6) is -2.53. The average Bonchev–Trinajstić information content (AvgIpc) is 3.85. The Morgan fingerprint density at radius 3 is 2.41 bits per heavy atom. The number of alkyl halides is 2. The summed E-state index contributed by atoms with van der Waals surface area (Å²) in [4.78, 5) is 63.3. The molecule has 6 aliphatic heterocycles. The minimum atomic E-state index is -2.67. The number of aromatic amines is 1. The van der Waals surface area contributed by atoms with Gasteiger partial charge in [0.05, 0.1) is 19.1 Å². The number of nitrogens with zero attached hydrogens (tertiary/aromatic N) is 5. The van der Waals surface area contributed by atoms with E-state index in [0.717, 1.165) is 46.0 Å². The number of amides is 4. The van der Waals surface area contributed by atoms with Crippen LogP contribution < -0.4 is 10.2 Å². The molecular formula is C43H43F4N7O4. The largest absolute Gasteiger partial charge is 0.370 e. The van der Waals surface area contributed by atoms with Gasteiger partial charge in [0.15, 0.2) is 0 Å². The molecule has 4 amide bonds. The second kappa shape index (κ2) is 13.9. The van der Waals surface area contributed by atoms with Crippen molar-refractivity contribution in [3.05, 3.63) is 99.2 Å². The van der Waals surface area contributed by atoms with Gasteiger partial charge in [-0.2, -0.15) is 0 Å². The van der Waals surface area contributed by atoms with Gasteiger partial charge in [-0.15, -0.1) is 0 Å². The number of para-hydroxylation sites is 1. The van der Waals surface area contributed by atoms with Crippen LogP contribution in [-0.2, 0) is 40.4 Å². The summed E-state index contributed by atoms with van der Waals surface area (Å²) in [5.41, 5.74) is 5.61. The molecule has 3 saturated heterocycles. The monoisotopic (exact) mass is 797 g/mol. The smallest absolute Gasteiger partial charge is 0.255 e. The molecule has 1 aromatic heterocycles. The summed E-state index contributed by atoms with van der Waals surface area (Å²) in [6.45, 7) is 3.47. The minimum Gasteiger partial charge on any atom is -0.370 e. The number of fused-ring (bicyclic) bond motifs is 5. The highest BCUT2D eigenvalue weighted by Gasteiger charge is 2.48. The SMILES string of the molecule is O=C1CCC(N2Cc3cc4c(cc3C2=O)CN(CC(=O)N2CCCC3(C2)CN(c2cc(F)c([C@@H]5c6[nH]c7ccccc7c6CCN5CC(F)F)c(F)c2)C3)C4)C(=O)N1. The van der Waals surface area contributed by atoms with Crippen molar-refractivity contribution in [3.63, 3.8) is 0 Å². The number of aromatic nitrogens is 1. The fraction of sp³-hybridized carbons (Fsp3) is 0.442. The van der Waals surface area contributed by atoms with Crippen LogP contribution in [0.1, 0.15) is 75.6 Å². The lowest BCUT2D eigenvalue weighted by Crippen LogP contribution is -2.64. The summed E-state index contributed by atoms with van der Waals surface area (Å²) in [6, 6.07) is 12.4. The van der Waals surface area contributed by atoms with E-state index in [1.807, 2.05) is 46.2 Å². The Balaban J connectivity index is 0.788. The average molecular weight is 798 g/mol. The zero-order valence-corrected chi connectivity index (χ0v) is 31.8. The van der Waals surface area contributed by atoms with Crippen molar-refractivity contribution in [1.82, 2.24) is 29.9 Å². The highest BCUT2D eigenvalue weighted by Crippen LogP contribution is 2.45. The van der Waals surface area contributed by atoms with Gasteiger partial charge in [0, 0.05) is 97.6 Å². The maximum absolute atomic E-state index is 16.2. The Kier molecular flexibility index (Phi) is 8.89. The van der Waals surface area contributed by atoms with Crippen molar-refractivity contribution in [3.8, 4) is 0 Å². The number of imide groups is 1. The second-order valence-electron chi connectivity index (χ2n) is 17.0. The quantitative estimate of drug-likeness (QED) is 0.203. The first-order valence-corrected chi connectivity index (χ1v) is 20.1. The molecule has 11 nitrogen and oxygen atoms in total. The standard InChI is InChI=1S/C43H43F4N7O4/c44-31-14-27(15-32(45)38(31)40-39-29(8-11-51(40)19-35(46)47)28-4-1-2-5-33(28)48-39)53-22-43(23-53)9-3-10-52(21-43)37(56)20-50-16-24-12-26-18-54(34-6-7-36(55)49-41(34)57)42(58)30(26)13-25(24)17-50/h1-2,4-5,12-15,34-35,40,48H,3,6-11,16-23H2,(H,49,55,57)/t34?,40-/m1/s1. The number of halogens is 4. The molecule has 3 aromatic carbocycles. The van der Waals surface area contributed by atoms with Crippen molar-refractivity contribution < 1.29 is 36.7 Å². The maximum atomic E-state index is 16.2. The Hall–Kier alpha value is -5.28. The van der Waals surface area contributed by atoms with Crippen LogP contribution in [0.3, 0.4) is 0 Å². The minimum absolute atomic E-state index is 0.0107. The van der Waals surface area contributed by atoms with Crippen molar-refractivity contribution >= 4 is 40.2 Å². The molecule has 1 spiro atoms. The Bertz CT molecular complexity index is 2370. The summed E-state index contributed by atoms with van der Waals surface area (Å²) in [6.07, 6.45) is 0.0228. The normalized spacial score (nSPS) is 23.1. The van der Waals surface area contributed by atoms with Gasteiger partial charge in [-0.3, -0.25) is 34.3 Å². The zero-order valence-electron chi connectivity index (χ0n) is 31.8. The van der Waals surface area contributed by atoms with E-state index in [-0.39, 0.29) is 48.2 Å². The van der Waals surface area contributed by atoms with Crippen LogP contribution in [0.5, 0.6) is 0 Å². The molecule has 10 rings (SSSR count). The fourth-order valence-electron chi connectivity index (χ4n) is 10.6. The lowest BCUT2D eigenvalue weighted by molar-refractivity contribution is -0.137. The van der Waals surface area contributed by atoms with Crippen LogP contribution in [0.2, 0.25) is 0 Å². The lowest BCUT2D eigenvalue weighted by Gasteiger charge is -2.55. The van der Waals surface area contributed by atoms with E-state index in [1.54, 1.807) is 4.90 Å². The van der Waals surface area contributed by atoms with E-state index < -0.39 is 42.6 Å². The fourth-order valence-corrected chi connectivity index (χ4v) is 10.6. The number of nitrogens with one attached hydrogen (secondary N) is 2. The highest BCUT2D eigenvalue weighted by atomic mass is 19.3. The zero-order chi connectivity index (χ0) is 40.0. The summed E-state index contributed by atoms with van der Waals surface area (Å²) >= 11 is 0. The number of carbonyl (C=O) groups excluding carboxylic acids is 4. The summed E-state index contributed by atoms with van der Waals surface area (Å²) in [5, 5.41) is 3.26. The number of carbonyl (C=O) groups is 4. The number of anilines is 1. The molecule has 2 N–H and O–H groups in total. The van der Waals surface area contributed by atoms with Gasteiger partial charge in [-0.25, -0.2) is 17.6 Å². The Labute approximate surface area is 331 Å². The number of hydrogen-bond acceptors (Lipinski definition) is 7. The molecule has 3 fully saturated rings. The molecular weight excluding hydrogens is 755 g/mol. The molecule has 4 aromatic rings. The van der Waals surface area contributed by atoms with Crippen LogP contribution >= 0.6 is 0 Å². The number of likely N-dealkylation sites (tertiary alicyclic amines) is 1. The number of benzene rings is 3. The lowest BCUT2D eigenvalue weighted by atomic mass is 9.73. The third-order valence-corrected chi connectivity index (χ3v) is 13.3. The van der Waals surface area contributed by atoms with Crippen LogP contribution in [0.4, 0.5) is 23.2 Å². The molecule has 7 heterocycles. The molecule has 15 heteroatoms. The van der Waals surface area contributed by atoms with Gasteiger partial charge in [-0.05, 0) is 72.2 Å². The molecule has 0 bridgehead atoms. The molecule has 302 valence electrons. The van der Waals surface area contributed by atoms with Crippen molar-refractivity contribution in [2.75, 3.05) is 50.7 Å². The summed E-state index contributed by atoms with van der Waals surface area (Å²) < 4.78 is 59.9. The second-order valence-corrected chi connectivity index (χ2v) is 17.0. The highest BCUT2D eigenvalue weighted by molar-refractivity contribution is 6.05. The van der Waals surface area contributed by atoms with Gasteiger partial charge in [-0.1, -0.05) is 24.3 Å². The van der Waals surface area contributed by atoms with Gasteiger partial charge >= 0.3 is 0 Å². The van der Waals surface area contributed by atoms with E-state index in [9.17, 15) is 28.0 Å². The van der Waals surface area contributed by atoms with Gasteiger partial charge < -0.3 is 19.7 Å². The van der Waals surface area contributed by atoms with Gasteiger partial charge in [0.1, 0.15) is 17.7 Å². The van der Waals surface area contributed by atoms with Crippen LogP contribution in [0.15, 0.2) is 48.5 Å². The van der Waals surface area contributed by atoms with E-state index >= 15 is 8.78 Å². The summed E-state index contributed by atoms with van der Waals surface area (Å²) in [7, 11) is 0. The molecule has 6 aliphatic rings. The molecule has 58 heavy (non-hydrogen) atoms. The first kappa shape index (κ1) is 37.0. The molecule has 0 aliphatic carbocycles. The van der Waals surface area contributed by atoms with E-state index in [2.05, 4.69) is 15.2 Å². The third kappa shape index (κ3) is 6.24. The Morgan fingerprint density at radius 1 is 0.897 bits per heavy atom. The number of H-pyrrole nitrogens is 1. The predicted octanol–water partition coefficient (Wildman–Crippen LogP) is 4.86. The third-order valence-electron chi connectivity index (χ3n) is 13.3. The van der Waals surface area contributed by atoms with E-state index in [4.69, 9.17) is 0 Å². The first-order chi connectivity index (χ1) is 27.9. The van der Waals surface area contributed by atoms with Crippen molar-refractivity contribution in [1.29, 1.82) is 0 Å². The maximum Gasteiger partial charge on any atom is 0.255 e. The number of rotatable bonds is 7. The number of hydrogen-bond donors (Lipinski definition) is 2. The van der Waals surface area contributed by atoms with Gasteiger partial charge in [0.2, 0.25) is 17.7 Å². The van der Waals surface area contributed by atoms with Crippen molar-refractivity contribution in [2.24, 2.45) is 5.41 Å².